The van der Waals surface area contributed by atoms with Gasteiger partial charge in [0.15, 0.2) is 0 Å². The second kappa shape index (κ2) is 5.75. The number of pyridine rings is 2. The van der Waals surface area contributed by atoms with Gasteiger partial charge in [0, 0.05) is 11.8 Å². The van der Waals surface area contributed by atoms with Gasteiger partial charge in [-0.05, 0) is 18.2 Å². The molecule has 0 aliphatic carbocycles. The van der Waals surface area contributed by atoms with E-state index in [1.165, 1.54) is 6.20 Å². The van der Waals surface area contributed by atoms with E-state index in [9.17, 15) is 0 Å². The van der Waals surface area contributed by atoms with Crippen molar-refractivity contribution in [3.8, 4) is 11.8 Å². The van der Waals surface area contributed by atoms with E-state index in [0.29, 0.717) is 17.1 Å². The van der Waals surface area contributed by atoms with Gasteiger partial charge in [-0.25, -0.2) is 4.98 Å². The second-order valence-electron chi connectivity index (χ2n) is 3.55. The molecule has 5 nitrogen and oxygen atoms in total. The van der Waals surface area contributed by atoms with Crippen molar-refractivity contribution in [1.29, 1.82) is 5.26 Å². The normalized spacial score (nSPS) is 9.78. The van der Waals surface area contributed by atoms with Crippen LogP contribution in [-0.2, 0) is 13.2 Å². The van der Waals surface area contributed by atoms with E-state index >= 15 is 0 Å². The van der Waals surface area contributed by atoms with Crippen LogP contribution in [0, 0.1) is 11.3 Å². The maximum absolute atomic E-state index is 8.88. The van der Waals surface area contributed by atoms with Crippen molar-refractivity contribution in [2.75, 3.05) is 0 Å². The molecule has 0 bridgehead atoms. The molecule has 2 aromatic heterocycles. The van der Waals surface area contributed by atoms with Gasteiger partial charge in [-0.3, -0.25) is 4.98 Å². The summed E-state index contributed by atoms with van der Waals surface area (Å²) in [6.45, 7) is 0.165. The highest BCUT2D eigenvalue weighted by Crippen LogP contribution is 2.13. The Hall–Kier alpha value is -2.45. The highest BCUT2D eigenvalue weighted by molar-refractivity contribution is 5.30. The van der Waals surface area contributed by atoms with E-state index in [1.54, 1.807) is 30.5 Å². The van der Waals surface area contributed by atoms with Crippen molar-refractivity contribution < 1.29 is 9.84 Å². The van der Waals surface area contributed by atoms with Gasteiger partial charge in [0.05, 0.1) is 18.5 Å². The first-order chi connectivity index (χ1) is 8.83. The first kappa shape index (κ1) is 12.0. The molecule has 18 heavy (non-hydrogen) atoms. The zero-order valence-electron chi connectivity index (χ0n) is 9.58. The largest absolute Gasteiger partial charge is 0.487 e. The van der Waals surface area contributed by atoms with Crippen LogP contribution in [0.15, 0.2) is 36.7 Å². The van der Waals surface area contributed by atoms with Crippen LogP contribution in [0.2, 0.25) is 0 Å². The topological polar surface area (TPSA) is 79.0 Å². The van der Waals surface area contributed by atoms with Gasteiger partial charge in [0.1, 0.15) is 24.1 Å². The van der Waals surface area contributed by atoms with Gasteiger partial charge >= 0.3 is 0 Å². The van der Waals surface area contributed by atoms with Crippen LogP contribution < -0.4 is 4.74 Å². The van der Waals surface area contributed by atoms with Crippen molar-refractivity contribution in [3.63, 3.8) is 0 Å². The average Bonchev–Trinajstić information content (AvgIpc) is 2.46. The Morgan fingerprint density at radius 2 is 2.17 bits per heavy atom. The van der Waals surface area contributed by atoms with E-state index in [2.05, 4.69) is 9.97 Å². The standard InChI is InChI=1S/C13H11N3O2/c14-6-13-10(2-1-5-15-13)9-18-12-4-3-11(8-17)16-7-12/h1-5,7,17H,8-9H2. The first-order valence-corrected chi connectivity index (χ1v) is 5.36. The highest BCUT2D eigenvalue weighted by Gasteiger charge is 2.03. The summed E-state index contributed by atoms with van der Waals surface area (Å²) in [6.07, 6.45) is 3.10. The smallest absolute Gasteiger partial charge is 0.147 e. The molecule has 0 atom stereocenters. The van der Waals surface area contributed by atoms with Gasteiger partial charge in [0.25, 0.3) is 0 Å². The van der Waals surface area contributed by atoms with Crippen LogP contribution in [-0.4, -0.2) is 15.1 Å². The maximum Gasteiger partial charge on any atom is 0.147 e. The van der Waals surface area contributed by atoms with Crippen LogP contribution in [0.4, 0.5) is 0 Å². The molecule has 0 unspecified atom stereocenters. The first-order valence-electron chi connectivity index (χ1n) is 5.36. The summed E-state index contributed by atoms with van der Waals surface area (Å²) in [7, 11) is 0. The lowest BCUT2D eigenvalue weighted by atomic mass is 10.2. The quantitative estimate of drug-likeness (QED) is 0.875. The average molecular weight is 241 g/mol. The summed E-state index contributed by atoms with van der Waals surface area (Å²) >= 11 is 0. The molecule has 0 radical (unpaired) electrons. The van der Waals surface area contributed by atoms with Crippen LogP contribution in [0.25, 0.3) is 0 Å². The third kappa shape index (κ3) is 2.81. The fourth-order valence-corrected chi connectivity index (χ4v) is 1.41. The monoisotopic (exact) mass is 241 g/mol. The third-order valence-corrected chi connectivity index (χ3v) is 2.35. The van der Waals surface area contributed by atoms with Crippen LogP contribution in [0.5, 0.6) is 5.75 Å². The predicted molar refractivity (Wildman–Crippen MR) is 63.4 cm³/mol. The molecule has 1 N–H and O–H groups in total. The number of aliphatic hydroxyl groups excluding tert-OH is 1. The third-order valence-electron chi connectivity index (χ3n) is 2.35. The van der Waals surface area contributed by atoms with E-state index in [-0.39, 0.29) is 13.2 Å². The van der Waals surface area contributed by atoms with Crippen molar-refractivity contribution >= 4 is 0 Å². The Balaban J connectivity index is 2.05. The summed E-state index contributed by atoms with van der Waals surface area (Å²) in [5, 5.41) is 17.7. The minimum absolute atomic E-state index is 0.0958. The van der Waals surface area contributed by atoms with E-state index < -0.39 is 0 Å². The molecule has 0 spiro atoms. The number of ether oxygens (including phenoxy) is 1. The SMILES string of the molecule is N#Cc1ncccc1COc1ccc(CO)nc1. The van der Waals surface area contributed by atoms with Gasteiger partial charge in [-0.2, -0.15) is 5.26 Å². The zero-order valence-corrected chi connectivity index (χ0v) is 9.58. The number of aromatic nitrogens is 2. The molecule has 0 aliphatic rings. The molecule has 0 aliphatic heterocycles. The predicted octanol–water partition coefficient (Wildman–Crippen LogP) is 1.42. The number of nitrogens with zero attached hydrogens (tertiary/aromatic N) is 3. The summed E-state index contributed by atoms with van der Waals surface area (Å²) in [4.78, 5) is 7.94. The molecule has 2 aromatic rings. The Morgan fingerprint density at radius 3 is 2.83 bits per heavy atom. The Morgan fingerprint density at radius 1 is 1.28 bits per heavy atom. The summed E-state index contributed by atoms with van der Waals surface area (Å²) in [6, 6.07) is 8.97. The summed E-state index contributed by atoms with van der Waals surface area (Å²) in [5.74, 6) is 0.583. The molecule has 90 valence electrons. The molecule has 2 heterocycles. The van der Waals surface area contributed by atoms with Crippen molar-refractivity contribution in [3.05, 3.63) is 53.6 Å². The molecule has 0 fully saturated rings. The fraction of sp³-hybridized carbons (Fsp3) is 0.154. The van der Waals surface area contributed by atoms with Crippen LogP contribution in [0.1, 0.15) is 17.0 Å². The van der Waals surface area contributed by atoms with Crippen LogP contribution in [0.3, 0.4) is 0 Å². The van der Waals surface area contributed by atoms with Crippen molar-refractivity contribution in [2.45, 2.75) is 13.2 Å². The molecular weight excluding hydrogens is 230 g/mol. The lowest BCUT2D eigenvalue weighted by Gasteiger charge is -2.06. The Bertz CT molecular complexity index is 561. The van der Waals surface area contributed by atoms with Crippen molar-refractivity contribution in [1.82, 2.24) is 9.97 Å². The maximum atomic E-state index is 8.88. The molecule has 0 aromatic carbocycles. The van der Waals surface area contributed by atoms with Gasteiger partial charge in [0.2, 0.25) is 0 Å². The molecule has 0 saturated heterocycles. The molecular formula is C13H11N3O2. The number of rotatable bonds is 4. The van der Waals surface area contributed by atoms with Crippen LogP contribution >= 0.6 is 0 Å². The fourth-order valence-electron chi connectivity index (χ4n) is 1.41. The molecule has 0 amide bonds. The second-order valence-corrected chi connectivity index (χ2v) is 3.55. The highest BCUT2D eigenvalue weighted by atomic mass is 16.5. The van der Waals surface area contributed by atoms with Crippen molar-refractivity contribution in [2.24, 2.45) is 0 Å². The number of hydrogen-bond donors (Lipinski definition) is 1. The molecule has 5 heteroatoms. The van der Waals surface area contributed by atoms with Gasteiger partial charge in [-0.1, -0.05) is 6.07 Å². The minimum Gasteiger partial charge on any atom is -0.487 e. The Kier molecular flexibility index (Phi) is 3.84. The minimum atomic E-state index is -0.0958. The number of hydrogen-bond acceptors (Lipinski definition) is 5. The molecule has 2 rings (SSSR count). The zero-order chi connectivity index (χ0) is 12.8. The lowest BCUT2D eigenvalue weighted by molar-refractivity contribution is 0.275. The molecule has 0 saturated carbocycles. The van der Waals surface area contributed by atoms with E-state index in [0.717, 1.165) is 5.56 Å². The summed E-state index contributed by atoms with van der Waals surface area (Å²) < 4.78 is 5.50. The Labute approximate surface area is 104 Å². The van der Waals surface area contributed by atoms with E-state index in [4.69, 9.17) is 15.1 Å². The summed E-state index contributed by atoms with van der Waals surface area (Å²) in [5.41, 5.74) is 1.67. The van der Waals surface area contributed by atoms with Gasteiger partial charge in [-0.15, -0.1) is 0 Å². The van der Waals surface area contributed by atoms with E-state index in [1.807, 2.05) is 6.07 Å². The number of nitriles is 1. The van der Waals surface area contributed by atoms with Gasteiger partial charge < -0.3 is 9.84 Å². The lowest BCUT2D eigenvalue weighted by Crippen LogP contribution is -2.00. The number of aliphatic hydroxyl groups is 1.